The minimum absolute atomic E-state index is 0.287. The third-order valence-electron chi connectivity index (χ3n) is 5.17. The normalized spacial score (nSPS) is 25.0. The van der Waals surface area contributed by atoms with E-state index in [1.807, 2.05) is 18.3 Å². The summed E-state index contributed by atoms with van der Waals surface area (Å²) in [5.74, 6) is 1.39. The molecule has 0 radical (unpaired) electrons. The lowest BCUT2D eigenvalue weighted by atomic mass is 9.95. The molecule has 2 atom stereocenters. The summed E-state index contributed by atoms with van der Waals surface area (Å²) in [6.07, 6.45) is 11.2. The maximum absolute atomic E-state index is 9.05. The Morgan fingerprint density at radius 2 is 2.12 bits per heavy atom. The molecule has 0 aromatic carbocycles. The highest BCUT2D eigenvalue weighted by Crippen LogP contribution is 2.25. The highest BCUT2D eigenvalue weighted by Gasteiger charge is 2.18. The number of aromatic nitrogens is 1. The minimum atomic E-state index is -0.287. The van der Waals surface area contributed by atoms with Gasteiger partial charge in [0, 0.05) is 31.8 Å². The molecular formula is C22H36N2O2. The second-order valence-electron chi connectivity index (χ2n) is 7.64. The van der Waals surface area contributed by atoms with Gasteiger partial charge in [0.05, 0.1) is 24.6 Å². The Balaban J connectivity index is 0.000000228. The lowest BCUT2D eigenvalue weighted by Gasteiger charge is -2.33. The number of nitrogens with zero attached hydrogens (tertiary/aromatic N) is 2. The van der Waals surface area contributed by atoms with Gasteiger partial charge in [-0.3, -0.25) is 4.98 Å². The maximum Gasteiger partial charge on any atom is 0.0742 e. The van der Waals surface area contributed by atoms with E-state index in [0.717, 1.165) is 25.4 Å². The van der Waals surface area contributed by atoms with Crippen LogP contribution in [0.15, 0.2) is 30.5 Å². The predicted octanol–water partition coefficient (Wildman–Crippen LogP) is 4.55. The van der Waals surface area contributed by atoms with Crippen LogP contribution in [0.2, 0.25) is 0 Å². The minimum Gasteiger partial charge on any atom is -0.389 e. The molecule has 0 saturated carbocycles. The van der Waals surface area contributed by atoms with Gasteiger partial charge in [0.2, 0.25) is 0 Å². The van der Waals surface area contributed by atoms with Crippen molar-refractivity contribution in [2.24, 2.45) is 5.92 Å². The first-order chi connectivity index (χ1) is 12.6. The van der Waals surface area contributed by atoms with Crippen molar-refractivity contribution >= 4 is 5.69 Å². The molecule has 3 rings (SSSR count). The maximum atomic E-state index is 9.05. The van der Waals surface area contributed by atoms with Crippen LogP contribution < -0.4 is 4.90 Å². The van der Waals surface area contributed by atoms with E-state index in [2.05, 4.69) is 42.8 Å². The number of aliphatic hydroxyl groups is 1. The first-order valence-corrected chi connectivity index (χ1v) is 10.2. The van der Waals surface area contributed by atoms with Crippen LogP contribution in [0, 0.1) is 5.92 Å². The van der Waals surface area contributed by atoms with Crippen molar-refractivity contribution in [1.82, 2.24) is 4.98 Å². The number of aliphatic hydroxyl groups excluding tert-OH is 1. The molecular weight excluding hydrogens is 324 g/mol. The number of ether oxygens (including phenoxy) is 1. The Bertz CT molecular complexity index is 527. The van der Waals surface area contributed by atoms with E-state index in [1.54, 1.807) is 0 Å². The zero-order chi connectivity index (χ0) is 18.8. The molecule has 1 aromatic rings. The van der Waals surface area contributed by atoms with Crippen LogP contribution in [0.1, 0.15) is 64.5 Å². The number of pyridine rings is 1. The van der Waals surface area contributed by atoms with Crippen LogP contribution in [0.25, 0.3) is 0 Å². The summed E-state index contributed by atoms with van der Waals surface area (Å²) in [7, 11) is 0. The molecule has 1 saturated heterocycles. The fourth-order valence-corrected chi connectivity index (χ4v) is 3.37. The van der Waals surface area contributed by atoms with Crippen molar-refractivity contribution in [1.29, 1.82) is 0 Å². The zero-order valence-corrected chi connectivity index (χ0v) is 16.7. The smallest absolute Gasteiger partial charge is 0.0742 e. The van der Waals surface area contributed by atoms with Crippen LogP contribution >= 0.6 is 0 Å². The predicted molar refractivity (Wildman–Crippen MR) is 109 cm³/mol. The quantitative estimate of drug-likeness (QED) is 0.804. The van der Waals surface area contributed by atoms with Gasteiger partial charge in [-0.2, -0.15) is 0 Å². The first kappa shape index (κ1) is 20.9. The van der Waals surface area contributed by atoms with Crippen molar-refractivity contribution in [2.45, 2.75) is 64.9 Å². The number of hydrogen-bond acceptors (Lipinski definition) is 4. The van der Waals surface area contributed by atoms with Crippen molar-refractivity contribution in [3.63, 3.8) is 0 Å². The average molecular weight is 361 g/mol. The number of piperidine rings is 1. The molecule has 0 bridgehead atoms. The highest BCUT2D eigenvalue weighted by atomic mass is 16.5. The van der Waals surface area contributed by atoms with Crippen LogP contribution in [0.5, 0.6) is 0 Å². The van der Waals surface area contributed by atoms with Crippen molar-refractivity contribution in [2.75, 3.05) is 31.2 Å². The molecule has 0 spiro atoms. The van der Waals surface area contributed by atoms with Crippen LogP contribution in [0.3, 0.4) is 0 Å². The standard InChI is InChI=1S/C15H24N2.C7H12O2/c1-4-13-6-5-9-17(11-13)14-7-8-15(12(2)3)16-10-14;8-7-3-1-2-5-9-6-4-7/h7-8,10,12-13H,4-6,9,11H2,1-3H3;1,3,7-8H,2,4-6H2/b;3-1+. The molecule has 2 aliphatic heterocycles. The summed E-state index contributed by atoms with van der Waals surface area (Å²) in [5, 5.41) is 9.05. The summed E-state index contributed by atoms with van der Waals surface area (Å²) in [5.41, 5.74) is 2.49. The van der Waals surface area contributed by atoms with Crippen LogP contribution in [-0.4, -0.2) is 42.5 Å². The van der Waals surface area contributed by atoms with E-state index in [4.69, 9.17) is 9.84 Å². The lowest BCUT2D eigenvalue weighted by Crippen LogP contribution is -2.35. The summed E-state index contributed by atoms with van der Waals surface area (Å²) >= 11 is 0. The average Bonchev–Trinajstić information content (AvgIpc) is 2.65. The molecule has 4 nitrogen and oxygen atoms in total. The summed E-state index contributed by atoms with van der Waals surface area (Å²) in [6.45, 7) is 10.6. The largest absolute Gasteiger partial charge is 0.389 e. The Morgan fingerprint density at radius 1 is 1.27 bits per heavy atom. The summed E-state index contributed by atoms with van der Waals surface area (Å²) in [4.78, 5) is 7.06. The van der Waals surface area contributed by atoms with E-state index in [9.17, 15) is 0 Å². The van der Waals surface area contributed by atoms with Gasteiger partial charge in [0.25, 0.3) is 0 Å². The van der Waals surface area contributed by atoms with Gasteiger partial charge in [-0.05, 0) is 43.2 Å². The van der Waals surface area contributed by atoms with E-state index >= 15 is 0 Å². The Morgan fingerprint density at radius 3 is 2.81 bits per heavy atom. The molecule has 1 fully saturated rings. The molecule has 2 unspecified atom stereocenters. The Labute approximate surface area is 159 Å². The number of anilines is 1. The third-order valence-corrected chi connectivity index (χ3v) is 5.17. The fraction of sp³-hybridized carbons (Fsp3) is 0.682. The first-order valence-electron chi connectivity index (χ1n) is 10.2. The van der Waals surface area contributed by atoms with Crippen molar-refractivity contribution < 1.29 is 9.84 Å². The molecule has 0 amide bonds. The molecule has 2 aliphatic rings. The van der Waals surface area contributed by atoms with Crippen molar-refractivity contribution in [3.05, 3.63) is 36.2 Å². The second kappa shape index (κ2) is 11.3. The number of rotatable bonds is 3. The van der Waals surface area contributed by atoms with Gasteiger partial charge in [-0.15, -0.1) is 0 Å². The highest BCUT2D eigenvalue weighted by molar-refractivity contribution is 5.45. The molecule has 26 heavy (non-hydrogen) atoms. The van der Waals surface area contributed by atoms with Gasteiger partial charge >= 0.3 is 0 Å². The third kappa shape index (κ3) is 7.08. The molecule has 146 valence electrons. The molecule has 1 N–H and O–H groups in total. The van der Waals surface area contributed by atoms with Gasteiger partial charge in [-0.25, -0.2) is 0 Å². The number of hydrogen-bond donors (Lipinski definition) is 1. The van der Waals surface area contributed by atoms with Crippen LogP contribution in [0.4, 0.5) is 5.69 Å². The Kier molecular flexibility index (Phi) is 9.13. The summed E-state index contributed by atoms with van der Waals surface area (Å²) < 4.78 is 5.13. The van der Waals surface area contributed by atoms with E-state index in [-0.39, 0.29) is 6.10 Å². The lowest BCUT2D eigenvalue weighted by molar-refractivity contribution is 0.0962. The topological polar surface area (TPSA) is 45.6 Å². The zero-order valence-electron chi connectivity index (χ0n) is 16.7. The molecule has 4 heteroatoms. The van der Waals surface area contributed by atoms with E-state index in [1.165, 1.54) is 43.7 Å². The van der Waals surface area contributed by atoms with Gasteiger partial charge in [0.15, 0.2) is 0 Å². The van der Waals surface area contributed by atoms with Crippen LogP contribution in [-0.2, 0) is 4.74 Å². The van der Waals surface area contributed by atoms with Gasteiger partial charge < -0.3 is 14.7 Å². The van der Waals surface area contributed by atoms with E-state index in [0.29, 0.717) is 12.5 Å². The monoisotopic (exact) mass is 360 g/mol. The molecule has 1 aromatic heterocycles. The molecule has 0 aliphatic carbocycles. The second-order valence-corrected chi connectivity index (χ2v) is 7.64. The Hall–Kier alpha value is -1.39. The van der Waals surface area contributed by atoms with Crippen molar-refractivity contribution in [3.8, 4) is 0 Å². The molecule has 3 heterocycles. The van der Waals surface area contributed by atoms with E-state index < -0.39 is 0 Å². The fourth-order valence-electron chi connectivity index (χ4n) is 3.37. The SMILES string of the molecule is CCC1CCCN(c2ccc(C(C)C)nc2)C1.OC1/C=C/CCOCC1. The van der Waals surface area contributed by atoms with Gasteiger partial charge in [0.1, 0.15) is 0 Å². The summed E-state index contributed by atoms with van der Waals surface area (Å²) in [6, 6.07) is 4.41. The van der Waals surface area contributed by atoms with Gasteiger partial charge in [-0.1, -0.05) is 39.3 Å².